The van der Waals surface area contributed by atoms with Crippen molar-refractivity contribution in [2.75, 3.05) is 0 Å². The number of carbonyl (C=O) groups is 2. The first-order valence-corrected chi connectivity index (χ1v) is 5.88. The maximum absolute atomic E-state index is 11.2. The number of rotatable bonds is 3. The lowest BCUT2D eigenvalue weighted by Crippen LogP contribution is -2.00. The SMILES string of the molecule is Cc1ccc(-c2ccsc2C=O)c(C(=O)O)c1. The van der Waals surface area contributed by atoms with E-state index in [0.717, 1.165) is 11.8 Å². The molecule has 0 saturated carbocycles. The van der Waals surface area contributed by atoms with Crippen LogP contribution in [0.2, 0.25) is 0 Å². The molecule has 2 rings (SSSR count). The summed E-state index contributed by atoms with van der Waals surface area (Å²) >= 11 is 1.31. The minimum absolute atomic E-state index is 0.228. The second-order valence-corrected chi connectivity index (χ2v) is 4.62. The van der Waals surface area contributed by atoms with E-state index in [1.54, 1.807) is 23.6 Å². The summed E-state index contributed by atoms with van der Waals surface area (Å²) in [6.45, 7) is 1.84. The highest BCUT2D eigenvalue weighted by Gasteiger charge is 2.15. The monoisotopic (exact) mass is 246 g/mol. The molecule has 86 valence electrons. The predicted molar refractivity (Wildman–Crippen MR) is 66.8 cm³/mol. The van der Waals surface area contributed by atoms with Crippen LogP contribution in [0.25, 0.3) is 11.1 Å². The van der Waals surface area contributed by atoms with Crippen molar-refractivity contribution < 1.29 is 14.7 Å². The van der Waals surface area contributed by atoms with Gasteiger partial charge in [-0.15, -0.1) is 11.3 Å². The van der Waals surface area contributed by atoms with Crippen molar-refractivity contribution in [2.45, 2.75) is 6.92 Å². The van der Waals surface area contributed by atoms with Crippen LogP contribution in [0.1, 0.15) is 25.6 Å². The van der Waals surface area contributed by atoms with Crippen LogP contribution in [0.3, 0.4) is 0 Å². The Morgan fingerprint density at radius 1 is 1.29 bits per heavy atom. The fourth-order valence-electron chi connectivity index (χ4n) is 1.70. The maximum atomic E-state index is 11.2. The topological polar surface area (TPSA) is 54.4 Å². The van der Waals surface area contributed by atoms with Crippen LogP contribution < -0.4 is 0 Å². The Balaban J connectivity index is 2.67. The molecule has 0 unspecified atom stereocenters. The number of aryl methyl sites for hydroxylation is 1. The van der Waals surface area contributed by atoms with Crippen LogP contribution in [0.4, 0.5) is 0 Å². The Bertz CT molecular complexity index is 584. The highest BCUT2D eigenvalue weighted by molar-refractivity contribution is 7.12. The number of hydrogen-bond acceptors (Lipinski definition) is 3. The number of aldehydes is 1. The van der Waals surface area contributed by atoms with Gasteiger partial charge in [-0.1, -0.05) is 17.7 Å². The van der Waals surface area contributed by atoms with Gasteiger partial charge in [0, 0.05) is 5.56 Å². The molecule has 0 saturated heterocycles. The van der Waals surface area contributed by atoms with E-state index in [9.17, 15) is 9.59 Å². The molecule has 0 aliphatic rings. The van der Waals surface area contributed by atoms with Crippen molar-refractivity contribution >= 4 is 23.6 Å². The Morgan fingerprint density at radius 2 is 2.06 bits per heavy atom. The van der Waals surface area contributed by atoms with Gasteiger partial charge in [-0.3, -0.25) is 4.79 Å². The first kappa shape index (κ1) is 11.5. The number of hydrogen-bond donors (Lipinski definition) is 1. The van der Waals surface area contributed by atoms with E-state index in [4.69, 9.17) is 5.11 Å². The van der Waals surface area contributed by atoms with Gasteiger partial charge in [0.1, 0.15) is 0 Å². The minimum Gasteiger partial charge on any atom is -0.478 e. The smallest absolute Gasteiger partial charge is 0.336 e. The second kappa shape index (κ2) is 4.51. The molecular weight excluding hydrogens is 236 g/mol. The number of benzene rings is 1. The van der Waals surface area contributed by atoms with Gasteiger partial charge in [-0.2, -0.15) is 0 Å². The molecule has 0 radical (unpaired) electrons. The van der Waals surface area contributed by atoms with Crippen LogP contribution in [0, 0.1) is 6.92 Å². The summed E-state index contributed by atoms with van der Waals surface area (Å²) in [6.07, 6.45) is 0.755. The van der Waals surface area contributed by atoms with Crippen LogP contribution in [-0.2, 0) is 0 Å². The third kappa shape index (κ3) is 2.12. The molecular formula is C13H10O3S. The first-order chi connectivity index (χ1) is 8.13. The molecule has 0 aliphatic carbocycles. The number of aromatic carboxylic acids is 1. The Labute approximate surface area is 102 Å². The van der Waals surface area contributed by atoms with Crippen molar-refractivity contribution in [3.05, 3.63) is 45.6 Å². The van der Waals surface area contributed by atoms with Crippen LogP contribution >= 0.6 is 11.3 Å². The van der Waals surface area contributed by atoms with Gasteiger partial charge in [-0.05, 0) is 30.0 Å². The zero-order valence-electron chi connectivity index (χ0n) is 9.14. The molecule has 0 spiro atoms. The molecule has 1 heterocycles. The van der Waals surface area contributed by atoms with Crippen LogP contribution in [0.15, 0.2) is 29.6 Å². The van der Waals surface area contributed by atoms with Crippen LogP contribution in [-0.4, -0.2) is 17.4 Å². The van der Waals surface area contributed by atoms with E-state index >= 15 is 0 Å². The van der Waals surface area contributed by atoms with Crippen molar-refractivity contribution in [1.29, 1.82) is 0 Å². The molecule has 17 heavy (non-hydrogen) atoms. The summed E-state index contributed by atoms with van der Waals surface area (Å²) in [6, 6.07) is 6.97. The molecule has 1 aromatic carbocycles. The van der Waals surface area contributed by atoms with Gasteiger partial charge >= 0.3 is 5.97 Å². The quantitative estimate of drug-likeness (QED) is 0.846. The summed E-state index contributed by atoms with van der Waals surface area (Å²) < 4.78 is 0. The zero-order chi connectivity index (χ0) is 12.4. The van der Waals surface area contributed by atoms with E-state index in [1.165, 1.54) is 11.3 Å². The van der Waals surface area contributed by atoms with Gasteiger partial charge in [0.25, 0.3) is 0 Å². The van der Waals surface area contributed by atoms with Crippen molar-refractivity contribution in [3.63, 3.8) is 0 Å². The molecule has 1 aromatic heterocycles. The molecule has 0 aliphatic heterocycles. The van der Waals surface area contributed by atoms with E-state index in [2.05, 4.69) is 0 Å². The normalized spacial score (nSPS) is 10.2. The highest BCUT2D eigenvalue weighted by Crippen LogP contribution is 2.30. The van der Waals surface area contributed by atoms with Gasteiger partial charge in [0.15, 0.2) is 6.29 Å². The van der Waals surface area contributed by atoms with E-state index < -0.39 is 5.97 Å². The molecule has 2 aromatic rings. The van der Waals surface area contributed by atoms with E-state index in [-0.39, 0.29) is 5.56 Å². The molecule has 1 N–H and O–H groups in total. The summed E-state index contributed by atoms with van der Waals surface area (Å²) in [5, 5.41) is 10.9. The number of carbonyl (C=O) groups excluding carboxylic acids is 1. The Kier molecular flexibility index (Phi) is 3.06. The summed E-state index contributed by atoms with van der Waals surface area (Å²) in [5.41, 5.74) is 2.38. The lowest BCUT2D eigenvalue weighted by atomic mass is 9.98. The van der Waals surface area contributed by atoms with Crippen LogP contribution in [0.5, 0.6) is 0 Å². The van der Waals surface area contributed by atoms with Crippen molar-refractivity contribution in [3.8, 4) is 11.1 Å². The first-order valence-electron chi connectivity index (χ1n) is 5.00. The average Bonchev–Trinajstić information content (AvgIpc) is 2.76. The lowest BCUT2D eigenvalue weighted by molar-refractivity contribution is 0.0697. The number of carboxylic acids is 1. The molecule has 3 nitrogen and oxygen atoms in total. The Hall–Kier alpha value is -1.94. The third-order valence-corrected chi connectivity index (χ3v) is 3.34. The largest absolute Gasteiger partial charge is 0.478 e. The fraction of sp³-hybridized carbons (Fsp3) is 0.0769. The fourth-order valence-corrected chi connectivity index (χ4v) is 2.42. The number of carboxylic acid groups (broad SMARTS) is 1. The summed E-state index contributed by atoms with van der Waals surface area (Å²) in [7, 11) is 0. The van der Waals surface area contributed by atoms with Gasteiger partial charge in [-0.25, -0.2) is 4.79 Å². The molecule has 0 fully saturated rings. The molecule has 0 amide bonds. The summed E-state index contributed by atoms with van der Waals surface area (Å²) in [5.74, 6) is -0.980. The van der Waals surface area contributed by atoms with Gasteiger partial charge in [0.2, 0.25) is 0 Å². The Morgan fingerprint density at radius 3 is 2.71 bits per heavy atom. The summed E-state index contributed by atoms with van der Waals surface area (Å²) in [4.78, 5) is 22.6. The zero-order valence-corrected chi connectivity index (χ0v) is 9.95. The minimum atomic E-state index is -0.980. The maximum Gasteiger partial charge on any atom is 0.336 e. The lowest BCUT2D eigenvalue weighted by Gasteiger charge is -2.06. The highest BCUT2D eigenvalue weighted by atomic mass is 32.1. The predicted octanol–water partition coefficient (Wildman–Crippen LogP) is 3.23. The third-order valence-electron chi connectivity index (χ3n) is 2.50. The molecule has 0 atom stereocenters. The van der Waals surface area contributed by atoms with Crippen molar-refractivity contribution in [1.82, 2.24) is 0 Å². The average molecular weight is 246 g/mol. The van der Waals surface area contributed by atoms with E-state index in [1.807, 2.05) is 13.0 Å². The number of thiophene rings is 1. The van der Waals surface area contributed by atoms with Gasteiger partial charge in [0.05, 0.1) is 10.4 Å². The van der Waals surface area contributed by atoms with Gasteiger partial charge < -0.3 is 5.11 Å². The second-order valence-electron chi connectivity index (χ2n) is 3.67. The molecule has 0 bridgehead atoms. The molecule has 4 heteroatoms. The standard InChI is InChI=1S/C13H10O3S/c1-8-2-3-9(11(6-8)13(15)16)10-4-5-17-12(10)7-14/h2-7H,1H3,(H,15,16). The van der Waals surface area contributed by atoms with Crippen molar-refractivity contribution in [2.24, 2.45) is 0 Å². The van der Waals surface area contributed by atoms with E-state index in [0.29, 0.717) is 16.0 Å².